The molecule has 0 saturated carbocycles. The van der Waals surface area contributed by atoms with Crippen LogP contribution in [0.2, 0.25) is 0 Å². The second-order valence-corrected chi connectivity index (χ2v) is 7.41. The van der Waals surface area contributed by atoms with Gasteiger partial charge in [0.1, 0.15) is 0 Å². The van der Waals surface area contributed by atoms with Gasteiger partial charge in [0.15, 0.2) is 11.8 Å². The van der Waals surface area contributed by atoms with E-state index in [2.05, 4.69) is 15.3 Å². The molecule has 1 aromatic heterocycles. The summed E-state index contributed by atoms with van der Waals surface area (Å²) in [5.41, 5.74) is 3.85. The van der Waals surface area contributed by atoms with Gasteiger partial charge in [-0.1, -0.05) is 49.0 Å². The molecule has 1 aromatic carbocycles. The zero-order valence-corrected chi connectivity index (χ0v) is 17.6. The molecule has 6 nitrogen and oxygen atoms in total. The van der Waals surface area contributed by atoms with Crippen molar-refractivity contribution in [2.75, 3.05) is 19.4 Å². The molecule has 0 aliphatic carbocycles. The molecule has 1 N–H and O–H groups in total. The van der Waals surface area contributed by atoms with E-state index in [9.17, 15) is 9.59 Å². The number of benzene rings is 1. The van der Waals surface area contributed by atoms with E-state index in [-0.39, 0.29) is 24.9 Å². The first kappa shape index (κ1) is 21.9. The molecule has 0 fully saturated rings. The minimum atomic E-state index is -0.404. The van der Waals surface area contributed by atoms with E-state index in [4.69, 9.17) is 4.74 Å². The van der Waals surface area contributed by atoms with Gasteiger partial charge in [0.05, 0.1) is 0 Å². The SMILES string of the molecule is CSc1nc(C)c(CCC(=O)OCC(=O)NC[C@H](C)c2ccccc2)c(C)n1. The monoisotopic (exact) mass is 401 g/mol. The lowest BCUT2D eigenvalue weighted by Gasteiger charge is -2.13. The molecule has 0 aliphatic heterocycles. The van der Waals surface area contributed by atoms with E-state index in [1.807, 2.05) is 57.4 Å². The number of carbonyl (C=O) groups is 2. The fraction of sp³-hybridized carbons (Fsp3) is 0.429. The lowest BCUT2D eigenvalue weighted by atomic mass is 10.0. The quantitative estimate of drug-likeness (QED) is 0.395. The van der Waals surface area contributed by atoms with Crippen molar-refractivity contribution in [1.82, 2.24) is 15.3 Å². The third-order valence-corrected chi connectivity index (χ3v) is 5.05. The normalized spacial score (nSPS) is 11.7. The average molecular weight is 402 g/mol. The Morgan fingerprint density at radius 2 is 1.79 bits per heavy atom. The number of thioether (sulfide) groups is 1. The Kier molecular flexibility index (Phi) is 8.44. The predicted octanol–water partition coefficient (Wildman–Crippen LogP) is 3.21. The smallest absolute Gasteiger partial charge is 0.306 e. The van der Waals surface area contributed by atoms with Crippen molar-refractivity contribution < 1.29 is 14.3 Å². The number of aromatic nitrogens is 2. The lowest BCUT2D eigenvalue weighted by Crippen LogP contribution is -2.31. The number of rotatable bonds is 9. The van der Waals surface area contributed by atoms with Crippen LogP contribution in [-0.2, 0) is 20.7 Å². The van der Waals surface area contributed by atoms with Crippen LogP contribution in [0.4, 0.5) is 0 Å². The lowest BCUT2D eigenvalue weighted by molar-refractivity contribution is -0.148. The summed E-state index contributed by atoms with van der Waals surface area (Å²) in [6.45, 7) is 6.10. The van der Waals surface area contributed by atoms with Crippen molar-refractivity contribution in [3.05, 3.63) is 52.8 Å². The van der Waals surface area contributed by atoms with Crippen LogP contribution in [0.1, 0.15) is 41.8 Å². The number of nitrogens with zero attached hydrogens (tertiary/aromatic N) is 2. The van der Waals surface area contributed by atoms with Gasteiger partial charge < -0.3 is 10.1 Å². The Labute approximate surface area is 170 Å². The summed E-state index contributed by atoms with van der Waals surface area (Å²) in [5, 5.41) is 3.53. The zero-order valence-electron chi connectivity index (χ0n) is 16.8. The van der Waals surface area contributed by atoms with Gasteiger partial charge in [-0.05, 0) is 43.6 Å². The molecule has 1 amide bonds. The Morgan fingerprint density at radius 1 is 1.14 bits per heavy atom. The van der Waals surface area contributed by atoms with Crippen LogP contribution in [0.5, 0.6) is 0 Å². The van der Waals surface area contributed by atoms with Crippen molar-refractivity contribution in [3.63, 3.8) is 0 Å². The number of ether oxygens (including phenoxy) is 1. The molecule has 150 valence electrons. The van der Waals surface area contributed by atoms with Crippen LogP contribution >= 0.6 is 11.8 Å². The molecular weight excluding hydrogens is 374 g/mol. The van der Waals surface area contributed by atoms with Gasteiger partial charge in [-0.15, -0.1) is 0 Å². The largest absolute Gasteiger partial charge is 0.456 e. The van der Waals surface area contributed by atoms with Gasteiger partial charge in [-0.25, -0.2) is 9.97 Å². The highest BCUT2D eigenvalue weighted by Gasteiger charge is 2.13. The molecule has 0 spiro atoms. The second-order valence-electron chi connectivity index (χ2n) is 6.64. The first-order valence-corrected chi connectivity index (χ1v) is 10.5. The minimum absolute atomic E-state index is 0.191. The van der Waals surface area contributed by atoms with Crippen molar-refractivity contribution in [2.45, 2.75) is 44.7 Å². The minimum Gasteiger partial charge on any atom is -0.456 e. The van der Waals surface area contributed by atoms with Gasteiger partial charge in [0.25, 0.3) is 5.91 Å². The first-order chi connectivity index (χ1) is 13.4. The van der Waals surface area contributed by atoms with Gasteiger partial charge in [-0.2, -0.15) is 0 Å². The molecule has 0 unspecified atom stereocenters. The molecule has 0 aliphatic rings. The highest BCUT2D eigenvalue weighted by Crippen LogP contribution is 2.17. The van der Waals surface area contributed by atoms with E-state index >= 15 is 0 Å². The Bertz CT molecular complexity index is 789. The molecule has 0 bridgehead atoms. The highest BCUT2D eigenvalue weighted by molar-refractivity contribution is 7.98. The Balaban J connectivity index is 1.73. The first-order valence-electron chi connectivity index (χ1n) is 9.26. The maximum absolute atomic E-state index is 12.0. The van der Waals surface area contributed by atoms with Crippen LogP contribution in [-0.4, -0.2) is 41.3 Å². The predicted molar refractivity (Wildman–Crippen MR) is 110 cm³/mol. The average Bonchev–Trinajstić information content (AvgIpc) is 2.70. The van der Waals surface area contributed by atoms with E-state index in [1.165, 1.54) is 11.8 Å². The van der Waals surface area contributed by atoms with E-state index in [1.54, 1.807) is 0 Å². The Hall–Kier alpha value is -2.41. The standard InChI is InChI=1S/C21H27N3O3S/c1-14(17-8-6-5-7-9-17)12-22-19(25)13-27-20(26)11-10-18-15(2)23-21(28-4)24-16(18)3/h5-9,14H,10-13H2,1-4H3,(H,22,25)/t14-/m0/s1. The number of hydrogen-bond acceptors (Lipinski definition) is 6. The molecule has 0 radical (unpaired) electrons. The number of carbonyl (C=O) groups excluding carboxylic acids is 2. The summed E-state index contributed by atoms with van der Waals surface area (Å²) in [6.07, 6.45) is 2.62. The summed E-state index contributed by atoms with van der Waals surface area (Å²) in [4.78, 5) is 32.7. The molecular formula is C21H27N3O3S. The van der Waals surface area contributed by atoms with Crippen molar-refractivity contribution in [3.8, 4) is 0 Å². The number of hydrogen-bond donors (Lipinski definition) is 1. The van der Waals surface area contributed by atoms with Crippen LogP contribution in [0.25, 0.3) is 0 Å². The number of aryl methyl sites for hydroxylation is 2. The third kappa shape index (κ3) is 6.64. The fourth-order valence-corrected chi connectivity index (χ4v) is 3.28. The second kappa shape index (κ2) is 10.8. The van der Waals surface area contributed by atoms with Crippen LogP contribution in [0.15, 0.2) is 35.5 Å². The number of esters is 1. The summed E-state index contributed by atoms with van der Waals surface area (Å²) < 4.78 is 5.09. The van der Waals surface area contributed by atoms with E-state index in [0.717, 1.165) is 27.7 Å². The maximum Gasteiger partial charge on any atom is 0.306 e. The van der Waals surface area contributed by atoms with Crippen LogP contribution < -0.4 is 5.32 Å². The Morgan fingerprint density at radius 3 is 2.39 bits per heavy atom. The van der Waals surface area contributed by atoms with Crippen LogP contribution in [0, 0.1) is 13.8 Å². The number of nitrogens with one attached hydrogen (secondary N) is 1. The van der Waals surface area contributed by atoms with Crippen LogP contribution in [0.3, 0.4) is 0 Å². The summed E-state index contributed by atoms with van der Waals surface area (Å²) in [7, 11) is 0. The van der Waals surface area contributed by atoms with Gasteiger partial charge >= 0.3 is 5.97 Å². The molecule has 1 heterocycles. The van der Waals surface area contributed by atoms with Gasteiger partial charge in [0.2, 0.25) is 0 Å². The molecule has 2 aromatic rings. The third-order valence-electron chi connectivity index (χ3n) is 4.50. The van der Waals surface area contributed by atoms with Crippen molar-refractivity contribution in [2.24, 2.45) is 0 Å². The molecule has 0 saturated heterocycles. The van der Waals surface area contributed by atoms with E-state index in [0.29, 0.717) is 13.0 Å². The zero-order chi connectivity index (χ0) is 20.5. The van der Waals surface area contributed by atoms with Crippen molar-refractivity contribution in [1.29, 1.82) is 0 Å². The molecule has 1 atom stereocenters. The van der Waals surface area contributed by atoms with Crippen molar-refractivity contribution >= 4 is 23.6 Å². The summed E-state index contributed by atoms with van der Waals surface area (Å²) in [6, 6.07) is 9.95. The van der Waals surface area contributed by atoms with E-state index < -0.39 is 5.97 Å². The van der Waals surface area contributed by atoms with Gasteiger partial charge in [0, 0.05) is 24.4 Å². The summed E-state index contributed by atoms with van der Waals surface area (Å²) in [5.74, 6) is -0.508. The number of amides is 1. The highest BCUT2D eigenvalue weighted by atomic mass is 32.2. The topological polar surface area (TPSA) is 81.2 Å². The molecule has 2 rings (SSSR count). The maximum atomic E-state index is 12.0. The molecule has 7 heteroatoms. The summed E-state index contributed by atoms with van der Waals surface area (Å²) >= 11 is 1.49. The fourth-order valence-electron chi connectivity index (χ4n) is 2.82. The van der Waals surface area contributed by atoms with Gasteiger partial charge in [-0.3, -0.25) is 9.59 Å². The molecule has 28 heavy (non-hydrogen) atoms.